The summed E-state index contributed by atoms with van der Waals surface area (Å²) in [5, 5.41) is 27.8. The summed E-state index contributed by atoms with van der Waals surface area (Å²) >= 11 is 0. The Morgan fingerprint density at radius 3 is 2.20 bits per heavy atom. The van der Waals surface area contributed by atoms with Gasteiger partial charge in [0.25, 0.3) is 0 Å². The molecule has 1 saturated heterocycles. The maximum absolute atomic E-state index is 10.4. The largest absolute Gasteiger partial charge is 0.397 e. The van der Waals surface area contributed by atoms with Crippen molar-refractivity contribution in [2.24, 2.45) is 0 Å². The zero-order valence-corrected chi connectivity index (χ0v) is 8.53. The van der Waals surface area contributed by atoms with E-state index < -0.39 is 41.1 Å². The van der Waals surface area contributed by atoms with Gasteiger partial charge in [0, 0.05) is 0 Å². The van der Waals surface area contributed by atoms with Crippen LogP contribution in [0.1, 0.15) is 6.92 Å². The summed E-state index contributed by atoms with van der Waals surface area (Å²) in [7, 11) is -4.84. The first-order valence-corrected chi connectivity index (χ1v) is 5.44. The second-order valence-electron chi connectivity index (χ2n) is 3.20. The molecule has 0 saturated carbocycles. The lowest BCUT2D eigenvalue weighted by molar-refractivity contribution is -0.271. The van der Waals surface area contributed by atoms with Gasteiger partial charge in [0.15, 0.2) is 12.4 Å². The van der Waals surface area contributed by atoms with E-state index in [-0.39, 0.29) is 0 Å². The number of rotatable bonds is 2. The highest BCUT2D eigenvalue weighted by Gasteiger charge is 2.44. The van der Waals surface area contributed by atoms with E-state index >= 15 is 0 Å². The standard InChI is InChI=1S/C6H12O8S/c1-2-3(7)4(8)5(6(9)13-2)14-15(10,11)12/h2-9H,1H3,(H,10,11,12)/t2-,3+,4+,5-,6-/m0/s1. The Balaban J connectivity index is 2.79. The molecule has 0 radical (unpaired) electrons. The Bertz CT molecular complexity index is 313. The third kappa shape index (κ3) is 3.08. The normalized spacial score (nSPS) is 42.9. The number of aliphatic hydroxyl groups is 3. The van der Waals surface area contributed by atoms with Crippen molar-refractivity contribution in [3.8, 4) is 0 Å². The molecular formula is C6H12O8S. The van der Waals surface area contributed by atoms with Crippen LogP contribution in [-0.4, -0.2) is 59.0 Å². The van der Waals surface area contributed by atoms with Crippen molar-refractivity contribution in [1.82, 2.24) is 0 Å². The SMILES string of the molecule is C[C@@H]1O[C@H](O)[C@@H](OS(=O)(=O)O)[C@H](O)[C@@H]1O. The van der Waals surface area contributed by atoms with Crippen molar-refractivity contribution in [1.29, 1.82) is 0 Å². The highest BCUT2D eigenvalue weighted by Crippen LogP contribution is 2.22. The van der Waals surface area contributed by atoms with Crippen LogP contribution >= 0.6 is 0 Å². The molecule has 15 heavy (non-hydrogen) atoms. The van der Waals surface area contributed by atoms with Crippen LogP contribution in [0.2, 0.25) is 0 Å². The van der Waals surface area contributed by atoms with Gasteiger partial charge in [0.05, 0.1) is 6.10 Å². The molecule has 0 aliphatic carbocycles. The molecule has 9 heteroatoms. The molecule has 0 aromatic rings. The van der Waals surface area contributed by atoms with Crippen LogP contribution in [0.4, 0.5) is 0 Å². The van der Waals surface area contributed by atoms with Gasteiger partial charge in [-0.15, -0.1) is 0 Å². The van der Waals surface area contributed by atoms with Crippen LogP contribution in [0.5, 0.6) is 0 Å². The lowest BCUT2D eigenvalue weighted by atomic mass is 10.0. The zero-order valence-electron chi connectivity index (χ0n) is 7.72. The summed E-state index contributed by atoms with van der Waals surface area (Å²) in [6, 6.07) is 0. The number of ether oxygens (including phenoxy) is 1. The van der Waals surface area contributed by atoms with Gasteiger partial charge >= 0.3 is 10.4 Å². The first kappa shape index (κ1) is 12.8. The Labute approximate surface area is 86.0 Å². The smallest absolute Gasteiger partial charge is 0.388 e. The molecule has 1 rings (SSSR count). The lowest BCUT2D eigenvalue weighted by Crippen LogP contribution is -2.57. The van der Waals surface area contributed by atoms with Gasteiger partial charge in [0.1, 0.15) is 12.2 Å². The average molecular weight is 244 g/mol. The third-order valence-electron chi connectivity index (χ3n) is 2.04. The van der Waals surface area contributed by atoms with Gasteiger partial charge in [-0.1, -0.05) is 0 Å². The first-order valence-electron chi connectivity index (χ1n) is 4.07. The summed E-state index contributed by atoms with van der Waals surface area (Å²) in [5.74, 6) is 0. The molecule has 90 valence electrons. The van der Waals surface area contributed by atoms with E-state index in [0.29, 0.717) is 0 Å². The molecule has 0 unspecified atom stereocenters. The second-order valence-corrected chi connectivity index (χ2v) is 4.25. The molecule has 0 amide bonds. The number of hydrogen-bond acceptors (Lipinski definition) is 7. The van der Waals surface area contributed by atoms with Crippen LogP contribution in [0.25, 0.3) is 0 Å². The van der Waals surface area contributed by atoms with E-state index in [1.807, 2.05) is 0 Å². The maximum atomic E-state index is 10.4. The van der Waals surface area contributed by atoms with Crippen LogP contribution < -0.4 is 0 Å². The molecule has 1 aliphatic heterocycles. The van der Waals surface area contributed by atoms with Crippen molar-refractivity contribution in [2.45, 2.75) is 37.6 Å². The predicted molar refractivity (Wildman–Crippen MR) is 45.0 cm³/mol. The van der Waals surface area contributed by atoms with E-state index in [4.69, 9.17) is 4.55 Å². The fourth-order valence-corrected chi connectivity index (χ4v) is 1.75. The summed E-state index contributed by atoms with van der Waals surface area (Å²) in [6.07, 6.45) is -7.48. The molecule has 5 atom stereocenters. The van der Waals surface area contributed by atoms with E-state index in [1.165, 1.54) is 6.92 Å². The van der Waals surface area contributed by atoms with Crippen molar-refractivity contribution in [3.05, 3.63) is 0 Å². The Morgan fingerprint density at radius 1 is 1.20 bits per heavy atom. The molecule has 1 aliphatic rings. The van der Waals surface area contributed by atoms with Gasteiger partial charge in [-0.3, -0.25) is 4.55 Å². The molecule has 0 aromatic heterocycles. The van der Waals surface area contributed by atoms with Crippen LogP contribution in [-0.2, 0) is 19.3 Å². The molecule has 4 N–H and O–H groups in total. The Kier molecular flexibility index (Phi) is 3.66. The molecule has 1 fully saturated rings. The van der Waals surface area contributed by atoms with Gasteiger partial charge < -0.3 is 20.1 Å². The number of hydrogen-bond donors (Lipinski definition) is 4. The monoisotopic (exact) mass is 244 g/mol. The summed E-state index contributed by atoms with van der Waals surface area (Å²) in [5.41, 5.74) is 0. The molecular weight excluding hydrogens is 232 g/mol. The molecule has 8 nitrogen and oxygen atoms in total. The maximum Gasteiger partial charge on any atom is 0.397 e. The summed E-state index contributed by atoms with van der Waals surface area (Å²) in [6.45, 7) is 1.38. The minimum Gasteiger partial charge on any atom is -0.388 e. The quantitative estimate of drug-likeness (QED) is 0.396. The molecule has 0 bridgehead atoms. The van der Waals surface area contributed by atoms with Gasteiger partial charge in [-0.05, 0) is 6.92 Å². The van der Waals surface area contributed by atoms with E-state index in [2.05, 4.69) is 8.92 Å². The van der Waals surface area contributed by atoms with Gasteiger partial charge in [-0.2, -0.15) is 8.42 Å². The molecule has 0 aromatic carbocycles. The lowest BCUT2D eigenvalue weighted by Gasteiger charge is -2.37. The predicted octanol–water partition coefficient (Wildman–Crippen LogP) is -2.37. The fraction of sp³-hybridized carbons (Fsp3) is 1.00. The van der Waals surface area contributed by atoms with Crippen molar-refractivity contribution < 1.29 is 37.2 Å². The highest BCUT2D eigenvalue weighted by atomic mass is 32.3. The van der Waals surface area contributed by atoms with Crippen LogP contribution in [0.15, 0.2) is 0 Å². The topological polar surface area (TPSA) is 134 Å². The minimum atomic E-state index is -4.84. The number of aliphatic hydroxyl groups excluding tert-OH is 3. The third-order valence-corrected chi connectivity index (χ3v) is 2.50. The van der Waals surface area contributed by atoms with Crippen LogP contribution in [0, 0.1) is 0 Å². The zero-order chi connectivity index (χ0) is 11.8. The fourth-order valence-electron chi connectivity index (χ4n) is 1.26. The van der Waals surface area contributed by atoms with E-state index in [1.54, 1.807) is 0 Å². The van der Waals surface area contributed by atoms with Crippen LogP contribution in [0.3, 0.4) is 0 Å². The van der Waals surface area contributed by atoms with Gasteiger partial charge in [0.2, 0.25) is 0 Å². The van der Waals surface area contributed by atoms with Crippen molar-refractivity contribution in [3.63, 3.8) is 0 Å². The van der Waals surface area contributed by atoms with Gasteiger partial charge in [-0.25, -0.2) is 4.18 Å². The summed E-state index contributed by atoms with van der Waals surface area (Å²) in [4.78, 5) is 0. The van der Waals surface area contributed by atoms with E-state index in [0.717, 1.165) is 0 Å². The van der Waals surface area contributed by atoms with Crippen molar-refractivity contribution >= 4 is 10.4 Å². The molecule has 0 spiro atoms. The molecule has 1 heterocycles. The Hall–Kier alpha value is -0.290. The first-order chi connectivity index (χ1) is 6.72. The highest BCUT2D eigenvalue weighted by molar-refractivity contribution is 7.80. The van der Waals surface area contributed by atoms with E-state index in [9.17, 15) is 23.7 Å². The van der Waals surface area contributed by atoms with Crippen molar-refractivity contribution in [2.75, 3.05) is 0 Å². The second kappa shape index (κ2) is 4.29. The summed E-state index contributed by atoms with van der Waals surface area (Å²) < 4.78 is 37.7. The minimum absolute atomic E-state index is 0.878. The average Bonchev–Trinajstić information content (AvgIpc) is 2.07. The Morgan fingerprint density at radius 2 is 1.73 bits per heavy atom.